The van der Waals surface area contributed by atoms with Gasteiger partial charge in [-0.1, -0.05) is 26.0 Å². The Kier molecular flexibility index (Phi) is 5.31. The van der Waals surface area contributed by atoms with Gasteiger partial charge in [-0.05, 0) is 49.4 Å². The van der Waals surface area contributed by atoms with E-state index in [0.717, 1.165) is 36.7 Å². The largest absolute Gasteiger partial charge is 0.340 e. The molecule has 0 aliphatic carbocycles. The predicted octanol–water partition coefficient (Wildman–Crippen LogP) is 3.76. The van der Waals surface area contributed by atoms with E-state index in [0.29, 0.717) is 12.5 Å². The second kappa shape index (κ2) is 7.64. The van der Waals surface area contributed by atoms with E-state index in [2.05, 4.69) is 46.2 Å². The quantitative estimate of drug-likeness (QED) is 0.922. The van der Waals surface area contributed by atoms with E-state index in [-0.39, 0.29) is 11.8 Å². The van der Waals surface area contributed by atoms with Crippen molar-refractivity contribution in [1.82, 2.24) is 9.97 Å². The van der Waals surface area contributed by atoms with Crippen molar-refractivity contribution in [3.05, 3.63) is 47.8 Å². The first-order valence-electron chi connectivity index (χ1n) is 8.98. The zero-order valence-electron chi connectivity index (χ0n) is 15.2. The minimum Gasteiger partial charge on any atom is -0.340 e. The third-order valence-corrected chi connectivity index (χ3v) is 4.70. The maximum Gasteiger partial charge on any atom is 0.229 e. The summed E-state index contributed by atoms with van der Waals surface area (Å²) in [5.41, 5.74) is 3.08. The summed E-state index contributed by atoms with van der Waals surface area (Å²) in [6.45, 7) is 7.85. The van der Waals surface area contributed by atoms with Gasteiger partial charge in [-0.2, -0.15) is 0 Å². The first-order chi connectivity index (χ1) is 12.0. The zero-order chi connectivity index (χ0) is 17.8. The van der Waals surface area contributed by atoms with Crippen LogP contribution in [-0.2, 0) is 4.79 Å². The van der Waals surface area contributed by atoms with Gasteiger partial charge in [0.25, 0.3) is 0 Å². The summed E-state index contributed by atoms with van der Waals surface area (Å²) in [5.74, 6) is 1.25. The molecule has 1 N–H and O–H groups in total. The van der Waals surface area contributed by atoms with Gasteiger partial charge in [-0.15, -0.1) is 0 Å². The summed E-state index contributed by atoms with van der Waals surface area (Å²) < 4.78 is 0. The smallest absolute Gasteiger partial charge is 0.229 e. The van der Waals surface area contributed by atoms with E-state index < -0.39 is 0 Å². The van der Waals surface area contributed by atoms with Crippen LogP contribution in [0.2, 0.25) is 0 Å². The summed E-state index contributed by atoms with van der Waals surface area (Å²) in [7, 11) is 0. The highest BCUT2D eigenvalue weighted by Crippen LogP contribution is 2.23. The molecule has 132 valence electrons. The molecule has 0 spiro atoms. The van der Waals surface area contributed by atoms with Crippen LogP contribution in [0.15, 0.2) is 36.5 Å². The van der Waals surface area contributed by atoms with Gasteiger partial charge in [-0.3, -0.25) is 4.79 Å². The van der Waals surface area contributed by atoms with Gasteiger partial charge in [0.1, 0.15) is 0 Å². The monoisotopic (exact) mass is 338 g/mol. The molecule has 1 fully saturated rings. The standard InChI is InChI=1S/C20H26N4O/c1-14(2)16-6-8-18(9-7-16)23-19(25)17-5-4-12-24(13-17)20-21-11-10-15(3)22-20/h6-11,14,17H,4-5,12-13H2,1-3H3,(H,23,25). The highest BCUT2D eigenvalue weighted by molar-refractivity contribution is 5.93. The number of hydrogen-bond acceptors (Lipinski definition) is 4. The summed E-state index contributed by atoms with van der Waals surface area (Å²) in [5, 5.41) is 3.05. The Bertz CT molecular complexity index is 727. The highest BCUT2D eigenvalue weighted by Gasteiger charge is 2.27. The number of aromatic nitrogens is 2. The van der Waals surface area contributed by atoms with E-state index in [1.807, 2.05) is 25.1 Å². The minimum absolute atomic E-state index is 0.0392. The average molecular weight is 338 g/mol. The minimum atomic E-state index is -0.0392. The lowest BCUT2D eigenvalue weighted by Crippen LogP contribution is -2.41. The van der Waals surface area contributed by atoms with Crippen LogP contribution in [0.4, 0.5) is 11.6 Å². The van der Waals surface area contributed by atoms with Crippen LogP contribution in [0.1, 0.15) is 43.9 Å². The molecule has 1 aliphatic heterocycles. The number of nitrogens with zero attached hydrogens (tertiary/aromatic N) is 3. The number of rotatable bonds is 4. The maximum atomic E-state index is 12.7. The lowest BCUT2D eigenvalue weighted by Gasteiger charge is -2.32. The van der Waals surface area contributed by atoms with Crippen molar-refractivity contribution in [2.45, 2.75) is 39.5 Å². The number of amides is 1. The van der Waals surface area contributed by atoms with E-state index in [9.17, 15) is 4.79 Å². The maximum absolute atomic E-state index is 12.7. The number of hydrogen-bond donors (Lipinski definition) is 1. The molecule has 2 aromatic rings. The molecule has 25 heavy (non-hydrogen) atoms. The third kappa shape index (κ3) is 4.35. The second-order valence-corrected chi connectivity index (χ2v) is 7.05. The van der Waals surface area contributed by atoms with E-state index >= 15 is 0 Å². The molecule has 1 atom stereocenters. The number of carbonyl (C=O) groups excluding carboxylic acids is 1. The van der Waals surface area contributed by atoms with Crippen molar-refractivity contribution in [3.63, 3.8) is 0 Å². The molecule has 0 radical (unpaired) electrons. The number of anilines is 2. The lowest BCUT2D eigenvalue weighted by molar-refractivity contribution is -0.120. The molecule has 1 aliphatic rings. The van der Waals surface area contributed by atoms with Gasteiger partial charge < -0.3 is 10.2 Å². The fourth-order valence-corrected chi connectivity index (χ4v) is 3.16. The fraction of sp³-hybridized carbons (Fsp3) is 0.450. The van der Waals surface area contributed by atoms with Gasteiger partial charge in [-0.25, -0.2) is 9.97 Å². The van der Waals surface area contributed by atoms with Crippen molar-refractivity contribution < 1.29 is 4.79 Å². The first-order valence-corrected chi connectivity index (χ1v) is 8.98. The second-order valence-electron chi connectivity index (χ2n) is 7.05. The molecule has 0 saturated carbocycles. The number of nitrogens with one attached hydrogen (secondary N) is 1. The van der Waals surface area contributed by atoms with Gasteiger partial charge in [0.15, 0.2) is 0 Å². The van der Waals surface area contributed by atoms with Crippen LogP contribution in [0.5, 0.6) is 0 Å². The Labute approximate surface area is 149 Å². The molecule has 5 nitrogen and oxygen atoms in total. The Hall–Kier alpha value is -2.43. The Morgan fingerprint density at radius 1 is 1.24 bits per heavy atom. The number of carbonyl (C=O) groups is 1. The van der Waals surface area contributed by atoms with Crippen LogP contribution in [0.3, 0.4) is 0 Å². The number of aryl methyl sites for hydroxylation is 1. The summed E-state index contributed by atoms with van der Waals surface area (Å²) in [6, 6.07) is 10.0. The van der Waals surface area contributed by atoms with Gasteiger partial charge in [0.2, 0.25) is 11.9 Å². The summed E-state index contributed by atoms with van der Waals surface area (Å²) >= 11 is 0. The third-order valence-electron chi connectivity index (χ3n) is 4.70. The van der Waals surface area contributed by atoms with Crippen molar-refractivity contribution >= 4 is 17.5 Å². The Morgan fingerprint density at radius 2 is 2.00 bits per heavy atom. The molecule has 1 amide bonds. The van der Waals surface area contributed by atoms with Gasteiger partial charge in [0, 0.05) is 30.7 Å². The van der Waals surface area contributed by atoms with Crippen LogP contribution in [0.25, 0.3) is 0 Å². The lowest BCUT2D eigenvalue weighted by atomic mass is 9.97. The molecular weight excluding hydrogens is 312 g/mol. The van der Waals surface area contributed by atoms with Crippen LogP contribution in [0, 0.1) is 12.8 Å². The van der Waals surface area contributed by atoms with E-state index in [1.165, 1.54) is 5.56 Å². The topological polar surface area (TPSA) is 58.1 Å². The SMILES string of the molecule is Cc1ccnc(N2CCCC(C(=O)Nc3ccc(C(C)C)cc3)C2)n1. The van der Waals surface area contributed by atoms with E-state index in [4.69, 9.17) is 0 Å². The van der Waals surface area contributed by atoms with Crippen molar-refractivity contribution in [3.8, 4) is 0 Å². The average Bonchev–Trinajstić information content (AvgIpc) is 2.62. The van der Waals surface area contributed by atoms with Crippen molar-refractivity contribution in [1.29, 1.82) is 0 Å². The summed E-state index contributed by atoms with van der Waals surface area (Å²) in [4.78, 5) is 23.6. The highest BCUT2D eigenvalue weighted by atomic mass is 16.1. The van der Waals surface area contributed by atoms with Crippen molar-refractivity contribution in [2.75, 3.05) is 23.3 Å². The van der Waals surface area contributed by atoms with E-state index in [1.54, 1.807) is 6.20 Å². The molecule has 1 aromatic heterocycles. The van der Waals surface area contributed by atoms with Crippen LogP contribution in [-0.4, -0.2) is 29.0 Å². The molecular formula is C20H26N4O. The molecule has 1 unspecified atom stereocenters. The fourth-order valence-electron chi connectivity index (χ4n) is 3.16. The number of piperidine rings is 1. The molecule has 3 rings (SSSR count). The normalized spacial score (nSPS) is 17.6. The van der Waals surface area contributed by atoms with Crippen molar-refractivity contribution in [2.24, 2.45) is 5.92 Å². The predicted molar refractivity (Wildman–Crippen MR) is 101 cm³/mol. The molecule has 1 aromatic carbocycles. The van der Waals surface area contributed by atoms with Gasteiger partial charge >= 0.3 is 0 Å². The zero-order valence-corrected chi connectivity index (χ0v) is 15.2. The Balaban J connectivity index is 1.63. The van der Waals surface area contributed by atoms with Crippen LogP contribution < -0.4 is 10.2 Å². The molecule has 5 heteroatoms. The van der Waals surface area contributed by atoms with Gasteiger partial charge in [0.05, 0.1) is 5.92 Å². The van der Waals surface area contributed by atoms with Crippen LogP contribution >= 0.6 is 0 Å². The molecule has 0 bridgehead atoms. The molecule has 1 saturated heterocycles. The first kappa shape index (κ1) is 17.4. The summed E-state index contributed by atoms with van der Waals surface area (Å²) in [6.07, 6.45) is 3.65. The Morgan fingerprint density at radius 3 is 2.68 bits per heavy atom. The molecule has 2 heterocycles. The number of benzene rings is 1.